The van der Waals surface area contributed by atoms with Crippen LogP contribution in [-0.4, -0.2) is 77.7 Å². The number of carboxylic acids is 4. The molecule has 0 unspecified atom stereocenters. The van der Waals surface area contributed by atoms with E-state index < -0.39 is 37.0 Å². The minimum atomic E-state index is -1.09. The summed E-state index contributed by atoms with van der Waals surface area (Å²) in [5, 5.41) is 32.7. The van der Waals surface area contributed by atoms with Crippen molar-refractivity contribution in [2.24, 2.45) is 9.98 Å². The van der Waals surface area contributed by atoms with E-state index in [1.54, 1.807) is 0 Å². The van der Waals surface area contributed by atoms with Gasteiger partial charge in [-0.15, -0.1) is 23.5 Å². The SMILES string of the molecule is O=C(O)CN=C([S-])SCC(=O)O.O=C(O)CN=C([S-])SCC(=O)O.[Na+].[Na+]. The summed E-state index contributed by atoms with van der Waals surface area (Å²) in [4.78, 5) is 46.8. The van der Waals surface area contributed by atoms with Crippen LogP contribution in [0.4, 0.5) is 0 Å². The van der Waals surface area contributed by atoms with Gasteiger partial charge in [0.2, 0.25) is 0 Å². The molecule has 0 radical (unpaired) electrons. The number of aliphatic carboxylic acids is 4. The van der Waals surface area contributed by atoms with Crippen LogP contribution in [0.25, 0.3) is 0 Å². The van der Waals surface area contributed by atoms with Gasteiger partial charge < -0.3 is 45.7 Å². The summed E-state index contributed by atoms with van der Waals surface area (Å²) in [5.41, 5.74) is 0. The third-order valence-corrected chi connectivity index (χ3v) is 3.83. The van der Waals surface area contributed by atoms with E-state index in [1.807, 2.05) is 0 Å². The van der Waals surface area contributed by atoms with Gasteiger partial charge >= 0.3 is 83.0 Å². The standard InChI is InChI=1S/2C5H7NO4S2.2Na/c2*7-3(8)1-6-5(11)12-2-4(9)10;;/h2*1-2H2,(H,6,11)(H,7,8)(H,9,10);;/q;;2*+1/p-2. The Bertz CT molecular complexity index is 487. The van der Waals surface area contributed by atoms with E-state index >= 15 is 0 Å². The fraction of sp³-hybridized carbons (Fsp3) is 0.400. The molecule has 136 valence electrons. The Morgan fingerprint density at radius 3 is 1.12 bits per heavy atom. The first kappa shape index (κ1) is 33.9. The molecule has 0 aliphatic carbocycles. The molecule has 0 aliphatic heterocycles. The molecule has 0 saturated heterocycles. The molecule has 4 N–H and O–H groups in total. The van der Waals surface area contributed by atoms with E-state index in [9.17, 15) is 19.2 Å². The summed E-state index contributed by atoms with van der Waals surface area (Å²) in [6.45, 7) is -0.823. The number of hydrogen-bond acceptors (Lipinski definition) is 10. The third-order valence-electron chi connectivity index (χ3n) is 1.33. The van der Waals surface area contributed by atoms with Gasteiger partial charge in [0.25, 0.3) is 0 Å². The minimum absolute atomic E-state index is 0. The van der Waals surface area contributed by atoms with Gasteiger partial charge in [-0.05, 0) is 0 Å². The van der Waals surface area contributed by atoms with E-state index in [2.05, 4.69) is 35.2 Å². The Morgan fingerprint density at radius 2 is 0.923 bits per heavy atom. The first-order chi connectivity index (χ1) is 11.0. The molecule has 0 fully saturated rings. The van der Waals surface area contributed by atoms with Gasteiger partial charge in [0.1, 0.15) is 13.1 Å². The average molecular weight is 462 g/mol. The van der Waals surface area contributed by atoms with E-state index in [0.29, 0.717) is 0 Å². The van der Waals surface area contributed by atoms with Gasteiger partial charge in [-0.1, -0.05) is 8.75 Å². The maximum absolute atomic E-state index is 10.0. The van der Waals surface area contributed by atoms with Crippen LogP contribution in [0.5, 0.6) is 0 Å². The van der Waals surface area contributed by atoms with Crippen molar-refractivity contribution in [3.63, 3.8) is 0 Å². The zero-order valence-electron chi connectivity index (χ0n) is 13.8. The second-order valence-corrected chi connectivity index (χ2v) is 6.53. The molecule has 0 aromatic carbocycles. The van der Waals surface area contributed by atoms with Crippen molar-refractivity contribution in [2.45, 2.75) is 0 Å². The quantitative estimate of drug-likeness (QED) is 0.116. The minimum Gasteiger partial charge on any atom is -0.754 e. The average Bonchev–Trinajstić information content (AvgIpc) is 2.47. The van der Waals surface area contributed by atoms with Crippen LogP contribution >= 0.6 is 23.5 Å². The van der Waals surface area contributed by atoms with Crippen molar-refractivity contribution >= 4 is 81.4 Å². The fourth-order valence-electron chi connectivity index (χ4n) is 0.603. The normalized spacial score (nSPS) is 10.3. The molecule has 0 bridgehead atoms. The van der Waals surface area contributed by atoms with Crippen LogP contribution < -0.4 is 59.1 Å². The van der Waals surface area contributed by atoms with Crippen molar-refractivity contribution in [2.75, 3.05) is 24.6 Å². The van der Waals surface area contributed by atoms with Crippen LogP contribution in [0, 0.1) is 0 Å². The number of thioether (sulfide) groups is 2. The predicted molar refractivity (Wildman–Crippen MR) is 94.8 cm³/mol. The Balaban J connectivity index is -0.000000173. The summed E-state index contributed by atoms with van der Waals surface area (Å²) in [6.07, 6.45) is 0. The van der Waals surface area contributed by atoms with Gasteiger partial charge in [0, 0.05) is 0 Å². The van der Waals surface area contributed by atoms with Crippen LogP contribution in [0.1, 0.15) is 0 Å². The smallest absolute Gasteiger partial charge is 0.754 e. The monoisotopic (exact) mass is 462 g/mol. The topological polar surface area (TPSA) is 174 Å². The second-order valence-electron chi connectivity index (χ2n) is 3.32. The molecule has 0 spiro atoms. The molecule has 0 saturated carbocycles. The van der Waals surface area contributed by atoms with Crippen LogP contribution in [0.3, 0.4) is 0 Å². The summed E-state index contributed by atoms with van der Waals surface area (Å²) in [7, 11) is 0. The molecule has 0 aromatic heterocycles. The van der Waals surface area contributed by atoms with Crippen LogP contribution in [0.15, 0.2) is 9.98 Å². The molecule has 0 atom stereocenters. The molecule has 0 rings (SSSR count). The second kappa shape index (κ2) is 21.7. The Kier molecular flexibility index (Phi) is 28.2. The predicted octanol–water partition coefficient (Wildman–Crippen LogP) is -6.41. The van der Waals surface area contributed by atoms with Crippen molar-refractivity contribution in [1.29, 1.82) is 0 Å². The third kappa shape index (κ3) is 32.1. The maximum Gasteiger partial charge on any atom is 1.00 e. The number of nitrogens with zero attached hydrogens (tertiary/aromatic N) is 2. The van der Waals surface area contributed by atoms with E-state index in [4.69, 9.17) is 20.4 Å². The number of carbonyl (C=O) groups is 4. The summed E-state index contributed by atoms with van der Waals surface area (Å²) in [5.74, 6) is -4.58. The van der Waals surface area contributed by atoms with Gasteiger partial charge in [-0.3, -0.25) is 29.2 Å². The number of hydrogen-bond donors (Lipinski definition) is 4. The van der Waals surface area contributed by atoms with Gasteiger partial charge in [-0.25, -0.2) is 0 Å². The van der Waals surface area contributed by atoms with Crippen molar-refractivity contribution in [1.82, 2.24) is 0 Å². The molecule has 0 aliphatic rings. The molecule has 0 amide bonds. The van der Waals surface area contributed by atoms with Gasteiger partial charge in [-0.2, -0.15) is 0 Å². The number of aliphatic imine (C=N–C) groups is 2. The van der Waals surface area contributed by atoms with Crippen molar-refractivity contribution in [3.8, 4) is 0 Å². The van der Waals surface area contributed by atoms with E-state index in [-0.39, 0.29) is 79.4 Å². The molecule has 0 heterocycles. The largest absolute Gasteiger partial charge is 1.00 e. The maximum atomic E-state index is 10.0. The van der Waals surface area contributed by atoms with Gasteiger partial charge in [0.15, 0.2) is 0 Å². The Hall–Kier alpha value is 0.360. The van der Waals surface area contributed by atoms with E-state index in [1.165, 1.54) is 0 Å². The van der Waals surface area contributed by atoms with E-state index in [0.717, 1.165) is 23.5 Å². The molecular weight excluding hydrogens is 450 g/mol. The molecule has 26 heavy (non-hydrogen) atoms. The molecule has 10 nitrogen and oxygen atoms in total. The fourth-order valence-corrected chi connectivity index (χ4v) is 1.89. The first-order valence-corrected chi connectivity index (χ1v) is 8.39. The summed E-state index contributed by atoms with van der Waals surface area (Å²) < 4.78 is 0.111. The zero-order chi connectivity index (χ0) is 19.1. The van der Waals surface area contributed by atoms with Crippen molar-refractivity contribution < 1.29 is 98.7 Å². The van der Waals surface area contributed by atoms with Gasteiger partial charge in [0.05, 0.1) is 11.5 Å². The van der Waals surface area contributed by atoms with Crippen LogP contribution in [0.2, 0.25) is 0 Å². The summed E-state index contributed by atoms with van der Waals surface area (Å²) >= 11 is 10.8. The number of carboxylic acid groups (broad SMARTS) is 4. The number of rotatable bonds is 8. The molecule has 0 aromatic rings. The molecular formula is C10H12N2Na2O8S4. The van der Waals surface area contributed by atoms with Crippen LogP contribution in [-0.2, 0) is 44.4 Å². The Labute approximate surface area is 212 Å². The first-order valence-electron chi connectivity index (χ1n) is 5.60. The zero-order valence-corrected chi connectivity index (χ0v) is 21.0. The Morgan fingerprint density at radius 1 is 0.654 bits per heavy atom. The summed E-state index contributed by atoms with van der Waals surface area (Å²) in [6, 6.07) is 0. The molecule has 16 heteroatoms. The van der Waals surface area contributed by atoms with Crippen molar-refractivity contribution in [3.05, 3.63) is 0 Å².